The van der Waals surface area contributed by atoms with E-state index in [-0.39, 0.29) is 0 Å². The normalized spacial score (nSPS) is 28.4. The summed E-state index contributed by atoms with van der Waals surface area (Å²) >= 11 is 0. The van der Waals surface area contributed by atoms with Crippen LogP contribution in [0, 0.1) is 0 Å². The maximum atomic E-state index is 5.37. The lowest BCUT2D eigenvalue weighted by Crippen LogP contribution is -2.42. The Morgan fingerprint density at radius 1 is 1.24 bits per heavy atom. The highest BCUT2D eigenvalue weighted by molar-refractivity contribution is 5.40. The zero-order valence-electron chi connectivity index (χ0n) is 10.8. The van der Waals surface area contributed by atoms with E-state index in [9.17, 15) is 0 Å². The van der Waals surface area contributed by atoms with Gasteiger partial charge < -0.3 is 4.74 Å². The summed E-state index contributed by atoms with van der Waals surface area (Å²) in [7, 11) is 4.03. The molecule has 2 atom stereocenters. The van der Waals surface area contributed by atoms with Gasteiger partial charge in [0.2, 0.25) is 0 Å². The Hall–Kier alpha value is -1.02. The molecule has 92 valence electrons. The van der Waals surface area contributed by atoms with Crippen molar-refractivity contribution in [1.29, 1.82) is 0 Å². The third-order valence-corrected chi connectivity index (χ3v) is 4.47. The molecule has 2 nitrogen and oxygen atoms in total. The van der Waals surface area contributed by atoms with Gasteiger partial charge in [0, 0.05) is 12.6 Å². The molecule has 2 aliphatic rings. The van der Waals surface area contributed by atoms with Crippen molar-refractivity contribution in [2.45, 2.75) is 44.2 Å². The van der Waals surface area contributed by atoms with Gasteiger partial charge in [-0.2, -0.15) is 0 Å². The van der Waals surface area contributed by atoms with E-state index in [0.717, 1.165) is 24.3 Å². The van der Waals surface area contributed by atoms with Gasteiger partial charge in [0.1, 0.15) is 5.75 Å². The van der Waals surface area contributed by atoms with Crippen molar-refractivity contribution in [3.63, 3.8) is 0 Å². The van der Waals surface area contributed by atoms with Crippen LogP contribution in [0.3, 0.4) is 0 Å². The topological polar surface area (TPSA) is 12.5 Å². The lowest BCUT2D eigenvalue weighted by Gasteiger charge is -2.43. The fraction of sp³-hybridized carbons (Fsp3) is 0.600. The molecule has 0 aromatic heterocycles. The first-order valence-corrected chi connectivity index (χ1v) is 6.66. The second-order valence-electron chi connectivity index (χ2n) is 5.44. The number of methoxy groups -OCH3 is 1. The van der Waals surface area contributed by atoms with Gasteiger partial charge in [-0.1, -0.05) is 18.9 Å². The summed E-state index contributed by atoms with van der Waals surface area (Å²) in [6.45, 7) is 1.10. The minimum atomic E-state index is 0.729. The lowest BCUT2D eigenvalue weighted by molar-refractivity contribution is 0.143. The third kappa shape index (κ3) is 1.85. The van der Waals surface area contributed by atoms with Gasteiger partial charge >= 0.3 is 0 Å². The SMILES string of the molecule is COc1ccc2c(c1)C1CCCCC1N(C)C2. The van der Waals surface area contributed by atoms with Crippen molar-refractivity contribution >= 4 is 0 Å². The number of benzene rings is 1. The molecule has 17 heavy (non-hydrogen) atoms. The molecule has 1 heterocycles. The van der Waals surface area contributed by atoms with Crippen molar-refractivity contribution in [3.05, 3.63) is 29.3 Å². The molecular weight excluding hydrogens is 210 g/mol. The quantitative estimate of drug-likeness (QED) is 0.736. The van der Waals surface area contributed by atoms with E-state index in [4.69, 9.17) is 4.74 Å². The van der Waals surface area contributed by atoms with E-state index in [1.807, 2.05) is 0 Å². The van der Waals surface area contributed by atoms with Gasteiger partial charge in [-0.3, -0.25) is 4.90 Å². The van der Waals surface area contributed by atoms with Gasteiger partial charge in [0.15, 0.2) is 0 Å². The van der Waals surface area contributed by atoms with E-state index >= 15 is 0 Å². The summed E-state index contributed by atoms with van der Waals surface area (Å²) in [6.07, 6.45) is 5.48. The molecule has 1 aromatic rings. The van der Waals surface area contributed by atoms with Crippen molar-refractivity contribution in [2.75, 3.05) is 14.2 Å². The fourth-order valence-corrected chi connectivity index (χ4v) is 3.58. The first-order chi connectivity index (χ1) is 8.29. The molecule has 3 rings (SSSR count). The largest absolute Gasteiger partial charge is 0.497 e. The highest BCUT2D eigenvalue weighted by Crippen LogP contribution is 2.42. The summed E-state index contributed by atoms with van der Waals surface area (Å²) in [5, 5.41) is 0. The Morgan fingerprint density at radius 2 is 2.06 bits per heavy atom. The van der Waals surface area contributed by atoms with E-state index in [2.05, 4.69) is 30.1 Å². The smallest absolute Gasteiger partial charge is 0.119 e. The molecule has 1 aliphatic heterocycles. The maximum Gasteiger partial charge on any atom is 0.119 e. The molecule has 1 fully saturated rings. The molecule has 1 aliphatic carbocycles. The number of rotatable bonds is 1. The number of hydrogen-bond donors (Lipinski definition) is 0. The van der Waals surface area contributed by atoms with Crippen LogP contribution in [0.5, 0.6) is 5.75 Å². The van der Waals surface area contributed by atoms with E-state index in [0.29, 0.717) is 0 Å². The van der Waals surface area contributed by atoms with Gasteiger partial charge in [-0.05, 0) is 49.1 Å². The number of nitrogens with zero attached hydrogens (tertiary/aromatic N) is 1. The van der Waals surface area contributed by atoms with Crippen LogP contribution in [-0.4, -0.2) is 25.1 Å². The number of likely N-dealkylation sites (N-methyl/N-ethyl adjacent to an activating group) is 1. The van der Waals surface area contributed by atoms with Crippen LogP contribution < -0.4 is 4.74 Å². The number of fused-ring (bicyclic) bond motifs is 3. The molecule has 0 saturated heterocycles. The summed E-state index contributed by atoms with van der Waals surface area (Å²) in [5.41, 5.74) is 3.05. The molecular formula is C15H21NO. The van der Waals surface area contributed by atoms with Crippen molar-refractivity contribution in [1.82, 2.24) is 4.90 Å². The van der Waals surface area contributed by atoms with Crippen LogP contribution in [0.1, 0.15) is 42.7 Å². The third-order valence-electron chi connectivity index (χ3n) is 4.47. The average Bonchev–Trinajstić information content (AvgIpc) is 2.39. The predicted octanol–water partition coefficient (Wildman–Crippen LogP) is 3.17. The van der Waals surface area contributed by atoms with Crippen LogP contribution in [0.4, 0.5) is 0 Å². The van der Waals surface area contributed by atoms with Crippen LogP contribution in [0.2, 0.25) is 0 Å². The van der Waals surface area contributed by atoms with Crippen molar-refractivity contribution < 1.29 is 4.74 Å². The summed E-state index contributed by atoms with van der Waals surface area (Å²) in [6, 6.07) is 7.36. The number of hydrogen-bond acceptors (Lipinski definition) is 2. The Labute approximate surface area is 104 Å². The van der Waals surface area contributed by atoms with Gasteiger partial charge in [-0.25, -0.2) is 0 Å². The highest BCUT2D eigenvalue weighted by atomic mass is 16.5. The van der Waals surface area contributed by atoms with Gasteiger partial charge in [-0.15, -0.1) is 0 Å². The molecule has 0 N–H and O–H groups in total. The summed E-state index contributed by atoms with van der Waals surface area (Å²) in [4.78, 5) is 2.54. The molecule has 1 aromatic carbocycles. The maximum absolute atomic E-state index is 5.37. The van der Waals surface area contributed by atoms with Crippen molar-refractivity contribution in [2.24, 2.45) is 0 Å². The Morgan fingerprint density at radius 3 is 2.88 bits per heavy atom. The molecule has 0 radical (unpaired) electrons. The summed E-state index contributed by atoms with van der Waals surface area (Å²) in [5.74, 6) is 1.74. The van der Waals surface area contributed by atoms with Crippen molar-refractivity contribution in [3.8, 4) is 5.75 Å². The second kappa shape index (κ2) is 4.34. The van der Waals surface area contributed by atoms with Crippen LogP contribution >= 0.6 is 0 Å². The molecule has 0 amide bonds. The number of ether oxygens (including phenoxy) is 1. The zero-order chi connectivity index (χ0) is 11.8. The lowest BCUT2D eigenvalue weighted by atomic mass is 9.75. The van der Waals surface area contributed by atoms with Crippen LogP contribution in [0.25, 0.3) is 0 Å². The van der Waals surface area contributed by atoms with E-state index in [1.54, 1.807) is 12.7 Å². The van der Waals surface area contributed by atoms with E-state index in [1.165, 1.54) is 31.2 Å². The van der Waals surface area contributed by atoms with Crippen LogP contribution in [-0.2, 0) is 6.54 Å². The zero-order valence-corrected chi connectivity index (χ0v) is 10.8. The molecule has 0 spiro atoms. The Kier molecular flexibility index (Phi) is 2.83. The average molecular weight is 231 g/mol. The van der Waals surface area contributed by atoms with Crippen LogP contribution in [0.15, 0.2) is 18.2 Å². The minimum absolute atomic E-state index is 0.729. The second-order valence-corrected chi connectivity index (χ2v) is 5.44. The monoisotopic (exact) mass is 231 g/mol. The molecule has 1 saturated carbocycles. The molecule has 0 bridgehead atoms. The first-order valence-electron chi connectivity index (χ1n) is 6.66. The standard InChI is InChI=1S/C15H21NO/c1-16-10-11-7-8-12(17-2)9-14(11)13-5-3-4-6-15(13)16/h7-9,13,15H,3-6,10H2,1-2H3. The minimum Gasteiger partial charge on any atom is -0.497 e. The Bertz CT molecular complexity index is 415. The highest BCUT2D eigenvalue weighted by Gasteiger charge is 2.34. The fourth-order valence-electron chi connectivity index (χ4n) is 3.58. The van der Waals surface area contributed by atoms with E-state index < -0.39 is 0 Å². The van der Waals surface area contributed by atoms with Gasteiger partial charge in [0.05, 0.1) is 7.11 Å². The first kappa shape index (κ1) is 11.1. The molecule has 2 heteroatoms. The summed E-state index contributed by atoms with van der Waals surface area (Å²) < 4.78 is 5.37. The Balaban J connectivity index is 2.01. The predicted molar refractivity (Wildman–Crippen MR) is 69.5 cm³/mol. The molecule has 2 unspecified atom stereocenters. The van der Waals surface area contributed by atoms with Gasteiger partial charge in [0.25, 0.3) is 0 Å².